The van der Waals surface area contributed by atoms with E-state index in [1.54, 1.807) is 0 Å². The average molecular weight is 287 g/mol. The third-order valence-corrected chi connectivity index (χ3v) is 4.49. The minimum absolute atomic E-state index is 0.119. The molecule has 2 atom stereocenters. The van der Waals surface area contributed by atoms with Gasteiger partial charge in [0, 0.05) is 13.1 Å². The zero-order valence-corrected chi connectivity index (χ0v) is 12.8. The van der Waals surface area contributed by atoms with Crippen LogP contribution < -0.4 is 5.32 Å². The number of nitrogens with zero attached hydrogens (tertiary/aromatic N) is 2. The van der Waals surface area contributed by atoms with Crippen LogP contribution in [0.25, 0.3) is 11.0 Å². The Labute approximate surface area is 126 Å². The summed E-state index contributed by atoms with van der Waals surface area (Å²) in [6.07, 6.45) is 4.24. The molecule has 21 heavy (non-hydrogen) atoms. The average Bonchev–Trinajstić information content (AvgIpc) is 3.05. The Morgan fingerprint density at radius 3 is 2.95 bits per heavy atom. The van der Waals surface area contributed by atoms with Crippen molar-refractivity contribution < 1.29 is 5.11 Å². The van der Waals surface area contributed by atoms with Crippen LogP contribution in [0.3, 0.4) is 0 Å². The molecule has 1 aromatic heterocycles. The van der Waals surface area contributed by atoms with Crippen LogP contribution in [0.5, 0.6) is 0 Å². The van der Waals surface area contributed by atoms with Crippen molar-refractivity contribution in [3.05, 3.63) is 30.1 Å². The quantitative estimate of drug-likeness (QED) is 0.859. The predicted molar refractivity (Wildman–Crippen MR) is 85.1 cm³/mol. The number of nitrogens with one attached hydrogen (secondary N) is 1. The topological polar surface area (TPSA) is 50.1 Å². The van der Waals surface area contributed by atoms with Crippen molar-refractivity contribution in [2.75, 3.05) is 6.54 Å². The van der Waals surface area contributed by atoms with Gasteiger partial charge in [0.1, 0.15) is 5.82 Å². The molecule has 0 amide bonds. The summed E-state index contributed by atoms with van der Waals surface area (Å²) in [5, 5.41) is 13.4. The Kier molecular flexibility index (Phi) is 4.56. The highest BCUT2D eigenvalue weighted by Gasteiger charge is 2.24. The number of imidazole rings is 1. The van der Waals surface area contributed by atoms with Gasteiger partial charge in [-0.3, -0.25) is 0 Å². The zero-order valence-electron chi connectivity index (χ0n) is 12.8. The fourth-order valence-corrected chi connectivity index (χ4v) is 3.36. The first-order valence-corrected chi connectivity index (χ1v) is 8.12. The van der Waals surface area contributed by atoms with Crippen LogP contribution in [0.15, 0.2) is 24.3 Å². The van der Waals surface area contributed by atoms with E-state index in [9.17, 15) is 5.11 Å². The summed E-state index contributed by atoms with van der Waals surface area (Å²) >= 11 is 0. The predicted octanol–water partition coefficient (Wildman–Crippen LogP) is 2.70. The molecule has 1 heterocycles. The first-order chi connectivity index (χ1) is 10.3. The molecular weight excluding hydrogens is 262 g/mol. The maximum atomic E-state index is 9.88. The number of aryl methyl sites for hydroxylation is 1. The number of rotatable bonds is 6. The number of fused-ring (bicyclic) bond motifs is 1. The molecule has 1 saturated carbocycles. The molecule has 1 aliphatic rings. The molecule has 3 rings (SSSR count). The van der Waals surface area contributed by atoms with Gasteiger partial charge in [-0.2, -0.15) is 0 Å². The first kappa shape index (κ1) is 14.5. The Morgan fingerprint density at radius 1 is 1.33 bits per heavy atom. The van der Waals surface area contributed by atoms with Crippen molar-refractivity contribution >= 4 is 11.0 Å². The summed E-state index contributed by atoms with van der Waals surface area (Å²) in [6.45, 7) is 4.86. The molecule has 0 radical (unpaired) electrons. The highest BCUT2D eigenvalue weighted by Crippen LogP contribution is 2.24. The number of hydrogen-bond acceptors (Lipinski definition) is 3. The molecule has 0 saturated heterocycles. The Bertz CT molecular complexity index is 593. The van der Waals surface area contributed by atoms with Gasteiger partial charge in [0.05, 0.1) is 23.7 Å². The van der Waals surface area contributed by atoms with Crippen molar-refractivity contribution in [3.63, 3.8) is 0 Å². The lowest BCUT2D eigenvalue weighted by Crippen LogP contribution is -2.28. The van der Waals surface area contributed by atoms with E-state index >= 15 is 0 Å². The standard InChI is InChI=1S/C17H25N3O/c1-2-10-20-15-8-4-3-7-14(15)19-17(20)12-18-11-13-6-5-9-16(13)21/h3-4,7-8,13,16,18,21H,2,5-6,9-12H2,1H3. The van der Waals surface area contributed by atoms with Gasteiger partial charge in [-0.05, 0) is 37.3 Å². The number of para-hydroxylation sites is 2. The Morgan fingerprint density at radius 2 is 2.19 bits per heavy atom. The molecule has 2 N–H and O–H groups in total. The van der Waals surface area contributed by atoms with E-state index in [1.807, 2.05) is 6.07 Å². The van der Waals surface area contributed by atoms with E-state index in [0.717, 1.165) is 56.7 Å². The summed E-state index contributed by atoms with van der Waals surface area (Å²) < 4.78 is 2.31. The second-order valence-corrected chi connectivity index (χ2v) is 6.06. The third kappa shape index (κ3) is 3.11. The lowest BCUT2D eigenvalue weighted by Gasteiger charge is -2.15. The van der Waals surface area contributed by atoms with Crippen molar-refractivity contribution in [2.24, 2.45) is 5.92 Å². The van der Waals surface area contributed by atoms with Crippen LogP contribution in [0.4, 0.5) is 0 Å². The molecule has 114 valence electrons. The molecule has 0 bridgehead atoms. The number of aliphatic hydroxyl groups excluding tert-OH is 1. The number of hydrogen-bond donors (Lipinski definition) is 2. The van der Waals surface area contributed by atoms with Gasteiger partial charge in [-0.15, -0.1) is 0 Å². The fourth-order valence-electron chi connectivity index (χ4n) is 3.36. The molecule has 0 aliphatic heterocycles. The van der Waals surface area contributed by atoms with Crippen LogP contribution in [0.1, 0.15) is 38.4 Å². The summed E-state index contributed by atoms with van der Waals surface area (Å²) in [5.74, 6) is 1.51. The summed E-state index contributed by atoms with van der Waals surface area (Å²) in [5.41, 5.74) is 2.29. The molecule has 2 aromatic rings. The van der Waals surface area contributed by atoms with Crippen LogP contribution in [-0.2, 0) is 13.1 Å². The molecule has 1 aromatic carbocycles. The van der Waals surface area contributed by atoms with Crippen LogP contribution in [-0.4, -0.2) is 27.3 Å². The number of benzene rings is 1. The zero-order chi connectivity index (χ0) is 14.7. The summed E-state index contributed by atoms with van der Waals surface area (Å²) in [7, 11) is 0. The van der Waals surface area contributed by atoms with E-state index in [-0.39, 0.29) is 6.10 Å². The normalized spacial score (nSPS) is 22.2. The smallest absolute Gasteiger partial charge is 0.123 e. The first-order valence-electron chi connectivity index (χ1n) is 8.12. The monoisotopic (exact) mass is 287 g/mol. The molecular formula is C17H25N3O. The summed E-state index contributed by atoms with van der Waals surface area (Å²) in [6, 6.07) is 8.33. The van der Waals surface area contributed by atoms with E-state index in [1.165, 1.54) is 5.52 Å². The van der Waals surface area contributed by atoms with Gasteiger partial charge in [0.2, 0.25) is 0 Å². The lowest BCUT2D eigenvalue weighted by molar-refractivity contribution is 0.131. The number of aromatic nitrogens is 2. The van der Waals surface area contributed by atoms with Crippen molar-refractivity contribution in [2.45, 2.75) is 51.8 Å². The van der Waals surface area contributed by atoms with E-state index in [0.29, 0.717) is 5.92 Å². The molecule has 4 heteroatoms. The minimum atomic E-state index is -0.119. The SMILES string of the molecule is CCCn1c(CNCC2CCCC2O)nc2ccccc21. The third-order valence-electron chi connectivity index (χ3n) is 4.49. The van der Waals surface area contributed by atoms with Gasteiger partial charge in [0.25, 0.3) is 0 Å². The van der Waals surface area contributed by atoms with E-state index in [4.69, 9.17) is 4.98 Å². The largest absolute Gasteiger partial charge is 0.393 e. The lowest BCUT2D eigenvalue weighted by atomic mass is 10.1. The second-order valence-electron chi connectivity index (χ2n) is 6.06. The molecule has 4 nitrogen and oxygen atoms in total. The fraction of sp³-hybridized carbons (Fsp3) is 0.588. The van der Waals surface area contributed by atoms with Gasteiger partial charge in [-0.25, -0.2) is 4.98 Å². The molecule has 1 aliphatic carbocycles. The van der Waals surface area contributed by atoms with E-state index in [2.05, 4.69) is 35.0 Å². The van der Waals surface area contributed by atoms with Crippen molar-refractivity contribution in [3.8, 4) is 0 Å². The molecule has 1 fully saturated rings. The number of aliphatic hydroxyl groups is 1. The Balaban J connectivity index is 1.69. The minimum Gasteiger partial charge on any atom is -0.393 e. The maximum absolute atomic E-state index is 9.88. The van der Waals surface area contributed by atoms with Gasteiger partial charge in [0.15, 0.2) is 0 Å². The Hall–Kier alpha value is -1.39. The van der Waals surface area contributed by atoms with Gasteiger partial charge in [-0.1, -0.05) is 25.5 Å². The highest BCUT2D eigenvalue weighted by molar-refractivity contribution is 5.75. The van der Waals surface area contributed by atoms with Crippen molar-refractivity contribution in [1.82, 2.24) is 14.9 Å². The van der Waals surface area contributed by atoms with Crippen LogP contribution in [0.2, 0.25) is 0 Å². The second kappa shape index (κ2) is 6.58. The van der Waals surface area contributed by atoms with Crippen LogP contribution >= 0.6 is 0 Å². The molecule has 0 spiro atoms. The van der Waals surface area contributed by atoms with Gasteiger partial charge < -0.3 is 15.0 Å². The molecule has 2 unspecified atom stereocenters. The van der Waals surface area contributed by atoms with Gasteiger partial charge >= 0.3 is 0 Å². The summed E-state index contributed by atoms with van der Waals surface area (Å²) in [4.78, 5) is 4.75. The van der Waals surface area contributed by atoms with E-state index < -0.39 is 0 Å². The van der Waals surface area contributed by atoms with Crippen LogP contribution in [0, 0.1) is 5.92 Å². The maximum Gasteiger partial charge on any atom is 0.123 e. The highest BCUT2D eigenvalue weighted by atomic mass is 16.3. The van der Waals surface area contributed by atoms with Crippen molar-refractivity contribution in [1.29, 1.82) is 0 Å².